The molecule has 1 aliphatic rings. The van der Waals surface area contributed by atoms with Gasteiger partial charge in [-0.3, -0.25) is 9.69 Å². The summed E-state index contributed by atoms with van der Waals surface area (Å²) in [4.78, 5) is 15.3. The highest BCUT2D eigenvalue weighted by Gasteiger charge is 2.21. The Bertz CT molecular complexity index is 723. The predicted molar refractivity (Wildman–Crippen MR) is 103 cm³/mol. The molecule has 0 aliphatic carbocycles. The molecule has 0 aromatic heterocycles. The highest BCUT2D eigenvalue weighted by Crippen LogP contribution is 2.23. The molecule has 2 aromatic rings. The maximum atomic E-state index is 12.9. The van der Waals surface area contributed by atoms with Crippen LogP contribution in [0.25, 0.3) is 0 Å². The Labute approximate surface area is 160 Å². The molecular formula is C21H26N2O4. The minimum absolute atomic E-state index is 0.117. The van der Waals surface area contributed by atoms with E-state index in [2.05, 4.69) is 10.2 Å². The normalized spacial score (nSPS) is 15.8. The number of ether oxygens (including phenoxy) is 3. The lowest BCUT2D eigenvalue weighted by molar-refractivity contribution is 0.0332. The van der Waals surface area contributed by atoms with Crippen LogP contribution >= 0.6 is 0 Å². The summed E-state index contributed by atoms with van der Waals surface area (Å²) in [5, 5.41) is 3.17. The van der Waals surface area contributed by atoms with Gasteiger partial charge in [0, 0.05) is 31.3 Å². The monoisotopic (exact) mass is 370 g/mol. The number of carbonyl (C=O) groups excluding carboxylic acids is 1. The van der Waals surface area contributed by atoms with Gasteiger partial charge in [0.25, 0.3) is 5.91 Å². The van der Waals surface area contributed by atoms with Crippen LogP contribution in [0.3, 0.4) is 0 Å². The largest absolute Gasteiger partial charge is 0.497 e. The molecule has 0 spiro atoms. The topological polar surface area (TPSA) is 60.0 Å². The van der Waals surface area contributed by atoms with Gasteiger partial charge in [0.05, 0.1) is 33.5 Å². The number of hydrogen-bond acceptors (Lipinski definition) is 5. The molecule has 0 bridgehead atoms. The van der Waals surface area contributed by atoms with E-state index in [0.29, 0.717) is 17.1 Å². The van der Waals surface area contributed by atoms with Gasteiger partial charge in [0.15, 0.2) is 0 Å². The first-order valence-electron chi connectivity index (χ1n) is 9.08. The van der Waals surface area contributed by atoms with Gasteiger partial charge in [-0.2, -0.15) is 0 Å². The Morgan fingerprint density at radius 1 is 1.07 bits per heavy atom. The highest BCUT2D eigenvalue weighted by molar-refractivity contribution is 5.95. The molecule has 1 amide bonds. The van der Waals surface area contributed by atoms with E-state index in [1.165, 1.54) is 0 Å². The summed E-state index contributed by atoms with van der Waals surface area (Å²) in [6.45, 7) is 3.92. The van der Waals surface area contributed by atoms with Crippen molar-refractivity contribution in [1.82, 2.24) is 10.2 Å². The third kappa shape index (κ3) is 5.21. The maximum Gasteiger partial charge on any atom is 0.252 e. The van der Waals surface area contributed by atoms with Crippen molar-refractivity contribution >= 4 is 5.91 Å². The van der Waals surface area contributed by atoms with Crippen LogP contribution < -0.4 is 14.8 Å². The summed E-state index contributed by atoms with van der Waals surface area (Å²) in [6.07, 6.45) is 0. The molecule has 0 saturated carbocycles. The second-order valence-electron chi connectivity index (χ2n) is 6.45. The fourth-order valence-corrected chi connectivity index (χ4v) is 3.14. The zero-order valence-electron chi connectivity index (χ0n) is 15.8. The second kappa shape index (κ2) is 9.39. The van der Waals surface area contributed by atoms with E-state index in [-0.39, 0.29) is 11.9 Å². The van der Waals surface area contributed by atoms with E-state index >= 15 is 0 Å². The van der Waals surface area contributed by atoms with Crippen LogP contribution in [0.5, 0.6) is 11.5 Å². The first-order valence-corrected chi connectivity index (χ1v) is 9.08. The smallest absolute Gasteiger partial charge is 0.252 e. The standard InChI is InChI=1S/C21H26N2O4/c1-25-18-12-17(13-19(14-18)26-2)21(24)22-20(16-6-4-3-5-7-16)15-23-8-10-27-11-9-23/h3-7,12-14,20H,8-11,15H2,1-2H3,(H,22,24)/t20-/m0/s1. The molecule has 6 nitrogen and oxygen atoms in total. The average Bonchev–Trinajstić information content (AvgIpc) is 2.74. The molecule has 6 heteroatoms. The van der Waals surface area contributed by atoms with E-state index in [9.17, 15) is 4.79 Å². The number of benzene rings is 2. The summed E-state index contributed by atoms with van der Waals surface area (Å²) >= 11 is 0. The number of morpholine rings is 1. The van der Waals surface area contributed by atoms with Gasteiger partial charge in [-0.25, -0.2) is 0 Å². The van der Waals surface area contributed by atoms with E-state index < -0.39 is 0 Å². The van der Waals surface area contributed by atoms with Crippen LogP contribution in [0.4, 0.5) is 0 Å². The molecule has 144 valence electrons. The van der Waals surface area contributed by atoms with Gasteiger partial charge in [-0.05, 0) is 17.7 Å². The lowest BCUT2D eigenvalue weighted by atomic mass is 10.0. The first kappa shape index (κ1) is 19.2. The van der Waals surface area contributed by atoms with Gasteiger partial charge in [-0.15, -0.1) is 0 Å². The zero-order chi connectivity index (χ0) is 19.1. The highest BCUT2D eigenvalue weighted by atomic mass is 16.5. The molecule has 1 fully saturated rings. The van der Waals surface area contributed by atoms with Crippen molar-refractivity contribution in [2.24, 2.45) is 0 Å². The van der Waals surface area contributed by atoms with Crippen molar-refractivity contribution in [3.05, 3.63) is 59.7 Å². The molecule has 0 radical (unpaired) electrons. The minimum atomic E-state index is -0.158. The molecular weight excluding hydrogens is 344 g/mol. The Kier molecular flexibility index (Phi) is 6.68. The molecule has 3 rings (SSSR count). The molecule has 0 unspecified atom stereocenters. The molecule has 2 aromatic carbocycles. The van der Waals surface area contributed by atoms with Crippen molar-refractivity contribution in [2.45, 2.75) is 6.04 Å². The Morgan fingerprint density at radius 2 is 1.70 bits per heavy atom. The third-order valence-electron chi connectivity index (χ3n) is 4.67. The SMILES string of the molecule is COc1cc(OC)cc(C(=O)N[C@@H](CN2CCOCC2)c2ccccc2)c1. The molecule has 1 aliphatic heterocycles. The molecule has 1 atom stereocenters. The second-order valence-corrected chi connectivity index (χ2v) is 6.45. The summed E-state index contributed by atoms with van der Waals surface area (Å²) in [6, 6.07) is 15.1. The van der Waals surface area contributed by atoms with E-state index in [4.69, 9.17) is 14.2 Å². The van der Waals surface area contributed by atoms with Crippen LogP contribution in [0, 0.1) is 0 Å². The van der Waals surface area contributed by atoms with Crippen molar-refractivity contribution in [2.75, 3.05) is 47.1 Å². The molecule has 1 N–H and O–H groups in total. The lowest BCUT2D eigenvalue weighted by Crippen LogP contribution is -2.43. The number of nitrogens with zero attached hydrogens (tertiary/aromatic N) is 1. The van der Waals surface area contributed by atoms with Crippen molar-refractivity contribution in [3.8, 4) is 11.5 Å². The number of hydrogen-bond donors (Lipinski definition) is 1. The first-order chi connectivity index (χ1) is 13.2. The van der Waals surface area contributed by atoms with Crippen LogP contribution in [-0.2, 0) is 4.74 Å². The van der Waals surface area contributed by atoms with Gasteiger partial charge in [-0.1, -0.05) is 30.3 Å². The maximum absolute atomic E-state index is 12.9. The van der Waals surface area contributed by atoms with E-state index in [1.54, 1.807) is 32.4 Å². The Morgan fingerprint density at radius 3 is 2.30 bits per heavy atom. The van der Waals surface area contributed by atoms with Crippen LogP contribution in [-0.4, -0.2) is 57.9 Å². The Balaban J connectivity index is 1.79. The third-order valence-corrected chi connectivity index (χ3v) is 4.67. The van der Waals surface area contributed by atoms with E-state index in [1.807, 2.05) is 30.3 Å². The summed E-state index contributed by atoms with van der Waals surface area (Å²) in [5.41, 5.74) is 1.58. The number of amides is 1. The van der Waals surface area contributed by atoms with Crippen molar-refractivity contribution in [3.63, 3.8) is 0 Å². The van der Waals surface area contributed by atoms with E-state index in [0.717, 1.165) is 38.4 Å². The van der Waals surface area contributed by atoms with Crippen LogP contribution in [0.15, 0.2) is 48.5 Å². The molecule has 1 heterocycles. The quantitative estimate of drug-likeness (QED) is 0.812. The minimum Gasteiger partial charge on any atom is -0.497 e. The zero-order valence-corrected chi connectivity index (χ0v) is 15.8. The van der Waals surface area contributed by atoms with Crippen LogP contribution in [0.1, 0.15) is 22.0 Å². The van der Waals surface area contributed by atoms with Crippen molar-refractivity contribution in [1.29, 1.82) is 0 Å². The van der Waals surface area contributed by atoms with Gasteiger partial charge >= 0.3 is 0 Å². The van der Waals surface area contributed by atoms with Crippen LogP contribution in [0.2, 0.25) is 0 Å². The van der Waals surface area contributed by atoms with Gasteiger partial charge < -0.3 is 19.5 Å². The number of carbonyl (C=O) groups is 1. The van der Waals surface area contributed by atoms with Gasteiger partial charge in [0.2, 0.25) is 0 Å². The molecule has 1 saturated heterocycles. The van der Waals surface area contributed by atoms with Crippen molar-refractivity contribution < 1.29 is 19.0 Å². The number of methoxy groups -OCH3 is 2. The number of nitrogens with one attached hydrogen (secondary N) is 1. The number of rotatable bonds is 7. The fraction of sp³-hybridized carbons (Fsp3) is 0.381. The summed E-state index contributed by atoms with van der Waals surface area (Å²) in [7, 11) is 3.14. The summed E-state index contributed by atoms with van der Waals surface area (Å²) < 4.78 is 16.0. The average molecular weight is 370 g/mol. The van der Waals surface area contributed by atoms with Gasteiger partial charge in [0.1, 0.15) is 11.5 Å². The Hall–Kier alpha value is -2.57. The summed E-state index contributed by atoms with van der Waals surface area (Å²) in [5.74, 6) is 1.02. The molecule has 27 heavy (non-hydrogen) atoms. The predicted octanol–water partition coefficient (Wildman–Crippen LogP) is 2.51. The fourth-order valence-electron chi connectivity index (χ4n) is 3.14. The lowest BCUT2D eigenvalue weighted by Gasteiger charge is -2.31.